The number of anilines is 1. The van der Waals surface area contributed by atoms with Gasteiger partial charge in [-0.1, -0.05) is 6.07 Å². The maximum Gasteiger partial charge on any atom is 0.276 e. The average Bonchev–Trinajstić information content (AvgIpc) is 3.28. The van der Waals surface area contributed by atoms with E-state index in [4.69, 9.17) is 0 Å². The molecule has 1 aromatic carbocycles. The first kappa shape index (κ1) is 18.4. The molecule has 0 saturated carbocycles. The van der Waals surface area contributed by atoms with E-state index in [2.05, 4.69) is 21.9 Å². The maximum absolute atomic E-state index is 13.1. The molecule has 0 radical (unpaired) electrons. The lowest BCUT2D eigenvalue weighted by molar-refractivity contribution is 0.0735. The van der Waals surface area contributed by atoms with E-state index in [1.165, 1.54) is 10.4 Å². The number of fused-ring (bicyclic) bond motifs is 1. The monoisotopic (exact) mass is 394 g/mol. The second kappa shape index (κ2) is 7.24. The normalized spacial score (nSPS) is 13.3. The van der Waals surface area contributed by atoms with Gasteiger partial charge in [-0.2, -0.15) is 5.10 Å². The molecule has 0 fully saturated rings. The van der Waals surface area contributed by atoms with E-state index < -0.39 is 0 Å². The zero-order valence-corrected chi connectivity index (χ0v) is 17.0. The molecule has 144 valence electrons. The lowest BCUT2D eigenvalue weighted by atomic mass is 10.0. The number of thiophene rings is 1. The summed E-state index contributed by atoms with van der Waals surface area (Å²) in [6.07, 6.45) is 0.896. The third kappa shape index (κ3) is 3.33. The minimum atomic E-state index is -0.280. The van der Waals surface area contributed by atoms with E-state index in [1.54, 1.807) is 35.2 Å². The Morgan fingerprint density at radius 1 is 1.21 bits per heavy atom. The van der Waals surface area contributed by atoms with Crippen LogP contribution in [0.2, 0.25) is 0 Å². The van der Waals surface area contributed by atoms with Crippen LogP contribution in [0.15, 0.2) is 35.7 Å². The van der Waals surface area contributed by atoms with Crippen LogP contribution in [0.5, 0.6) is 0 Å². The molecule has 6 nitrogen and oxygen atoms in total. The van der Waals surface area contributed by atoms with Gasteiger partial charge in [0.25, 0.3) is 11.8 Å². The standard InChI is InChI=1S/C21H22N4O2S/c1-13-11-18(23-24(13)3)20(26)22-17-6-4-5-16(14(17)2)21(27)25-9-7-19-15(12-25)8-10-28-19/h4-6,8,10-11H,7,9,12H2,1-3H3,(H,22,26). The Balaban J connectivity index is 1.55. The smallest absolute Gasteiger partial charge is 0.276 e. The summed E-state index contributed by atoms with van der Waals surface area (Å²) >= 11 is 1.75. The summed E-state index contributed by atoms with van der Waals surface area (Å²) in [6.45, 7) is 5.12. The van der Waals surface area contributed by atoms with E-state index in [0.29, 0.717) is 23.5 Å². The van der Waals surface area contributed by atoms with Gasteiger partial charge in [-0.25, -0.2) is 0 Å². The van der Waals surface area contributed by atoms with E-state index in [9.17, 15) is 9.59 Å². The van der Waals surface area contributed by atoms with E-state index in [-0.39, 0.29) is 11.8 Å². The number of carbonyl (C=O) groups is 2. The number of aryl methyl sites for hydroxylation is 2. The van der Waals surface area contributed by atoms with Crippen LogP contribution < -0.4 is 5.32 Å². The highest BCUT2D eigenvalue weighted by Crippen LogP contribution is 2.27. The number of rotatable bonds is 3. The van der Waals surface area contributed by atoms with Crippen LogP contribution in [-0.4, -0.2) is 33.0 Å². The van der Waals surface area contributed by atoms with Gasteiger partial charge >= 0.3 is 0 Å². The van der Waals surface area contributed by atoms with Crippen LogP contribution in [0.1, 0.15) is 42.5 Å². The first-order chi connectivity index (χ1) is 13.4. The molecule has 7 heteroatoms. The molecule has 0 aliphatic carbocycles. The highest BCUT2D eigenvalue weighted by molar-refractivity contribution is 7.10. The van der Waals surface area contributed by atoms with Gasteiger partial charge in [0.1, 0.15) is 0 Å². The maximum atomic E-state index is 13.1. The van der Waals surface area contributed by atoms with Crippen molar-refractivity contribution < 1.29 is 9.59 Å². The molecule has 1 aliphatic heterocycles. The molecule has 0 bridgehead atoms. The van der Waals surface area contributed by atoms with Crippen LogP contribution in [0, 0.1) is 13.8 Å². The minimum Gasteiger partial charge on any atom is -0.334 e. The lowest BCUT2D eigenvalue weighted by Crippen LogP contribution is -2.35. The molecule has 0 saturated heterocycles. The van der Waals surface area contributed by atoms with Crippen LogP contribution in [0.3, 0.4) is 0 Å². The Morgan fingerprint density at radius 2 is 2.04 bits per heavy atom. The minimum absolute atomic E-state index is 0.000806. The van der Waals surface area contributed by atoms with Crippen molar-refractivity contribution in [1.29, 1.82) is 0 Å². The molecule has 0 spiro atoms. The summed E-state index contributed by atoms with van der Waals surface area (Å²) in [7, 11) is 1.80. The van der Waals surface area contributed by atoms with Crippen molar-refractivity contribution in [2.75, 3.05) is 11.9 Å². The van der Waals surface area contributed by atoms with Crippen LogP contribution in [0.4, 0.5) is 5.69 Å². The van der Waals surface area contributed by atoms with Gasteiger partial charge in [0.05, 0.1) is 0 Å². The first-order valence-corrected chi connectivity index (χ1v) is 10.1. The van der Waals surface area contributed by atoms with Crippen molar-refractivity contribution in [3.8, 4) is 0 Å². The summed E-state index contributed by atoms with van der Waals surface area (Å²) in [6, 6.07) is 9.28. The van der Waals surface area contributed by atoms with E-state index >= 15 is 0 Å². The molecule has 2 aromatic heterocycles. The topological polar surface area (TPSA) is 67.2 Å². The van der Waals surface area contributed by atoms with Crippen molar-refractivity contribution >= 4 is 28.8 Å². The Labute approximate surface area is 167 Å². The number of nitrogens with zero attached hydrogens (tertiary/aromatic N) is 3. The van der Waals surface area contributed by atoms with Crippen molar-refractivity contribution in [2.24, 2.45) is 7.05 Å². The number of benzene rings is 1. The molecule has 3 heterocycles. The Hall–Kier alpha value is -2.93. The molecule has 0 atom stereocenters. The van der Waals surface area contributed by atoms with E-state index in [1.807, 2.05) is 30.9 Å². The highest BCUT2D eigenvalue weighted by Gasteiger charge is 2.24. The number of amides is 2. The van der Waals surface area contributed by atoms with Gasteiger partial charge in [0, 0.05) is 42.0 Å². The highest BCUT2D eigenvalue weighted by atomic mass is 32.1. The number of nitrogens with one attached hydrogen (secondary N) is 1. The van der Waals surface area contributed by atoms with Crippen LogP contribution in [0.25, 0.3) is 0 Å². The fourth-order valence-electron chi connectivity index (χ4n) is 3.45. The number of hydrogen-bond acceptors (Lipinski definition) is 4. The molecule has 1 N–H and O–H groups in total. The molecular formula is C21H22N4O2S. The Morgan fingerprint density at radius 3 is 2.79 bits per heavy atom. The van der Waals surface area contributed by atoms with E-state index in [0.717, 1.165) is 24.2 Å². The van der Waals surface area contributed by atoms with Crippen molar-refractivity contribution in [2.45, 2.75) is 26.8 Å². The van der Waals surface area contributed by atoms with Gasteiger partial charge in [0.2, 0.25) is 0 Å². The first-order valence-electron chi connectivity index (χ1n) is 9.20. The summed E-state index contributed by atoms with van der Waals surface area (Å²) in [5.41, 5.74) is 4.52. The van der Waals surface area contributed by atoms with Gasteiger partial charge in [-0.3, -0.25) is 14.3 Å². The molecule has 1 aliphatic rings. The molecule has 0 unspecified atom stereocenters. The summed E-state index contributed by atoms with van der Waals surface area (Å²) < 4.78 is 1.66. The predicted octanol–water partition coefficient (Wildman–Crippen LogP) is 3.55. The third-order valence-corrected chi connectivity index (χ3v) is 6.28. The van der Waals surface area contributed by atoms with Crippen molar-refractivity contribution in [3.63, 3.8) is 0 Å². The number of aromatic nitrogens is 2. The lowest BCUT2D eigenvalue weighted by Gasteiger charge is -2.28. The van der Waals surface area contributed by atoms with Crippen molar-refractivity contribution in [1.82, 2.24) is 14.7 Å². The molecule has 28 heavy (non-hydrogen) atoms. The fraction of sp³-hybridized carbons (Fsp3) is 0.286. The third-order valence-electron chi connectivity index (χ3n) is 5.25. The Bertz CT molecular complexity index is 1050. The van der Waals surface area contributed by atoms with Gasteiger partial charge < -0.3 is 10.2 Å². The quantitative estimate of drug-likeness (QED) is 0.739. The summed E-state index contributed by atoms with van der Waals surface area (Å²) in [5, 5.41) is 9.19. The van der Waals surface area contributed by atoms with Crippen molar-refractivity contribution in [3.05, 3.63) is 68.7 Å². The van der Waals surface area contributed by atoms with Crippen LogP contribution in [-0.2, 0) is 20.0 Å². The second-order valence-corrected chi connectivity index (χ2v) is 8.07. The predicted molar refractivity (Wildman–Crippen MR) is 110 cm³/mol. The largest absolute Gasteiger partial charge is 0.334 e. The fourth-order valence-corrected chi connectivity index (χ4v) is 4.34. The van der Waals surface area contributed by atoms with Crippen LogP contribution >= 0.6 is 11.3 Å². The summed E-state index contributed by atoms with van der Waals surface area (Å²) in [4.78, 5) is 28.9. The molecule has 2 amide bonds. The molecular weight excluding hydrogens is 372 g/mol. The molecule has 3 aromatic rings. The number of carbonyl (C=O) groups excluding carboxylic acids is 2. The zero-order chi connectivity index (χ0) is 19.8. The molecule has 4 rings (SSSR count). The van der Waals surface area contributed by atoms with Gasteiger partial charge in [-0.15, -0.1) is 11.3 Å². The zero-order valence-electron chi connectivity index (χ0n) is 16.2. The SMILES string of the molecule is Cc1c(NC(=O)c2cc(C)n(C)n2)cccc1C(=O)N1CCc2sccc2C1. The van der Waals surface area contributed by atoms with Gasteiger partial charge in [-0.05, 0) is 61.0 Å². The summed E-state index contributed by atoms with van der Waals surface area (Å²) in [5.74, 6) is -0.281. The number of hydrogen-bond donors (Lipinski definition) is 1. The second-order valence-electron chi connectivity index (χ2n) is 7.07. The average molecular weight is 395 g/mol. The van der Waals surface area contributed by atoms with Gasteiger partial charge in [0.15, 0.2) is 5.69 Å². The Kier molecular flexibility index (Phi) is 4.77.